The molecule has 12 aromatic carbocycles. The Balaban J connectivity index is 0.000000116. The van der Waals surface area contributed by atoms with E-state index in [2.05, 4.69) is 57.1 Å². The Morgan fingerprint density at radius 3 is 0.844 bits per heavy atom. The van der Waals surface area contributed by atoms with Crippen molar-refractivity contribution in [2.24, 2.45) is 11.5 Å². The molecule has 0 atom stereocenters. The summed E-state index contributed by atoms with van der Waals surface area (Å²) in [5.74, 6) is 1.02. The molecule has 0 aliphatic rings. The fourth-order valence-corrected chi connectivity index (χ4v) is 14.4. The lowest BCUT2D eigenvalue weighted by Gasteiger charge is -2.08. The highest BCUT2D eigenvalue weighted by Crippen LogP contribution is 2.43. The molecular formula is C96H72N20O6. The van der Waals surface area contributed by atoms with Crippen LogP contribution in [0.5, 0.6) is 23.0 Å². The Labute approximate surface area is 695 Å². The lowest BCUT2D eigenvalue weighted by molar-refractivity contribution is 0.0992. The van der Waals surface area contributed by atoms with E-state index in [1.807, 2.05) is 243 Å². The molecule has 0 radical (unpaired) electrons. The molecule has 8 aromatic heterocycles. The van der Waals surface area contributed by atoms with Crippen molar-refractivity contribution in [2.75, 3.05) is 0 Å². The summed E-state index contributed by atoms with van der Waals surface area (Å²) in [6, 6.07) is 103. The van der Waals surface area contributed by atoms with Crippen molar-refractivity contribution in [3.05, 3.63) is 360 Å². The summed E-state index contributed by atoms with van der Waals surface area (Å²) in [6.07, 6.45) is 0. The first kappa shape index (κ1) is 77.1. The minimum atomic E-state index is -0.514. The Kier molecular flexibility index (Phi) is 21.6. The van der Waals surface area contributed by atoms with E-state index in [-0.39, 0.29) is 23.0 Å². The number of fused-ring (bicyclic) bond motifs is 4. The van der Waals surface area contributed by atoms with Gasteiger partial charge >= 0.3 is 0 Å². The van der Waals surface area contributed by atoms with Gasteiger partial charge in [-0.2, -0.15) is 30.9 Å². The molecule has 26 heteroatoms. The third-order valence-electron chi connectivity index (χ3n) is 20.3. The van der Waals surface area contributed by atoms with Crippen molar-refractivity contribution in [1.82, 2.24) is 79.0 Å². The molecule has 0 saturated heterocycles. The zero-order valence-electron chi connectivity index (χ0n) is 64.9. The van der Waals surface area contributed by atoms with E-state index in [4.69, 9.17) is 37.3 Å². The van der Waals surface area contributed by atoms with Crippen LogP contribution in [0.25, 0.3) is 135 Å². The number of H-pyrrole nitrogens is 4. The van der Waals surface area contributed by atoms with Crippen LogP contribution in [0.15, 0.2) is 315 Å². The first-order chi connectivity index (χ1) is 59.6. The van der Waals surface area contributed by atoms with Crippen LogP contribution >= 0.6 is 0 Å². The second-order valence-corrected chi connectivity index (χ2v) is 28.4. The fraction of sp³-hybridized carbons (Fsp3) is 0.0417. The number of rotatable bonds is 18. The molecule has 2 amide bonds. The third kappa shape index (κ3) is 16.3. The number of amides is 2. The average Bonchev–Trinajstić information content (AvgIpc) is 1.63. The second-order valence-electron chi connectivity index (χ2n) is 28.4. The molecular weight excluding hydrogens is 1530 g/mol. The standard InChI is InChI=1S/2C24H19N5O2.2C24H17N5O/c25-23(31)17-11-12-18-19(13-17)27-24(26-18)20-22(30)21(16-9-5-2-6-10-16)29(28-20)14-15-7-3-1-4-8-15;25-23(31)17-11-12-18-19(13-17)27-24(26-18)21-22(30)20(16-9-5-2-6-10-16)28-29(21)14-15-7-3-1-4-8-15;25-14-17-11-12-19-20(13-17)27-24(26-19)21-23(30)22(18-9-5-2-6-10-18)29(28-21)15-16-7-3-1-4-8-16;25-14-17-11-12-19-20(13-17)27-24(26-19)22-23(30)21(18-9-5-2-6-10-18)28-29(22)15-16-7-3-1-4-8-16/h2*1-13,30H,14H2,(H2,25,31)(H,26,27);2*1-13,30H,15H2,(H,26,27). The molecule has 0 fully saturated rings. The van der Waals surface area contributed by atoms with Gasteiger partial charge in [-0.1, -0.05) is 243 Å². The number of benzene rings is 12. The van der Waals surface area contributed by atoms with E-state index < -0.39 is 11.8 Å². The van der Waals surface area contributed by atoms with E-state index in [1.165, 1.54) is 0 Å². The van der Waals surface area contributed by atoms with Gasteiger partial charge < -0.3 is 51.8 Å². The molecule has 0 aliphatic carbocycles. The zero-order valence-corrected chi connectivity index (χ0v) is 64.9. The number of nitriles is 2. The largest absolute Gasteiger partial charge is 0.504 e. The van der Waals surface area contributed by atoms with Crippen LogP contribution < -0.4 is 11.5 Å². The third-order valence-corrected chi connectivity index (χ3v) is 20.3. The van der Waals surface area contributed by atoms with Gasteiger partial charge in [0, 0.05) is 33.4 Å². The minimum Gasteiger partial charge on any atom is -0.504 e. The molecule has 122 heavy (non-hydrogen) atoms. The van der Waals surface area contributed by atoms with Gasteiger partial charge in [0.25, 0.3) is 0 Å². The fourth-order valence-electron chi connectivity index (χ4n) is 14.4. The quantitative estimate of drug-likeness (QED) is 0.0381. The van der Waals surface area contributed by atoms with Gasteiger partial charge in [-0.15, -0.1) is 0 Å². The number of nitrogens with two attached hydrogens (primary N) is 2. The highest BCUT2D eigenvalue weighted by Gasteiger charge is 2.28. The first-order valence-electron chi connectivity index (χ1n) is 38.6. The number of imidazole rings is 4. The summed E-state index contributed by atoms with van der Waals surface area (Å²) in [5, 5.41) is 81.6. The normalized spacial score (nSPS) is 11.0. The van der Waals surface area contributed by atoms with Crippen LogP contribution in [-0.4, -0.2) is 111 Å². The number of carbonyl (C=O) groups excluding carboxylic acids is 2. The number of nitrogens with one attached hydrogen (secondary N) is 4. The number of nitrogens with zero attached hydrogens (tertiary/aromatic N) is 14. The number of hydrogen-bond donors (Lipinski definition) is 10. The number of aromatic amines is 4. The highest BCUT2D eigenvalue weighted by molar-refractivity contribution is 5.98. The van der Waals surface area contributed by atoms with E-state index in [0.29, 0.717) is 145 Å². The SMILES string of the molecule is N#Cc1ccc2nc(-c3c(O)c(-c4ccccc4)nn3Cc3ccccc3)[nH]c2c1.N#Cc1ccc2nc(-c3nn(Cc4ccccc4)c(-c4ccccc4)c3O)[nH]c2c1.NC(=O)c1ccc2nc(-c3c(O)c(-c4ccccc4)nn3Cc3ccccc3)[nH]c2c1.NC(=O)c1ccc2nc(-c3nn(Cc4ccccc4)c(-c4ccccc4)c3O)[nH]c2c1. The zero-order chi connectivity index (χ0) is 83.7. The van der Waals surface area contributed by atoms with Crippen LogP contribution in [0.2, 0.25) is 0 Å². The van der Waals surface area contributed by atoms with Crippen LogP contribution in [0.3, 0.4) is 0 Å². The molecule has 8 heterocycles. The summed E-state index contributed by atoms with van der Waals surface area (Å²) in [7, 11) is 0. The maximum absolute atomic E-state index is 11.5. The van der Waals surface area contributed by atoms with Crippen LogP contribution in [0.4, 0.5) is 0 Å². The number of hydrogen-bond acceptors (Lipinski definition) is 16. The summed E-state index contributed by atoms with van der Waals surface area (Å²) in [5.41, 5.74) is 29.6. The first-order valence-corrected chi connectivity index (χ1v) is 38.6. The van der Waals surface area contributed by atoms with Crippen LogP contribution in [0.1, 0.15) is 54.1 Å². The van der Waals surface area contributed by atoms with Crippen LogP contribution in [0, 0.1) is 22.7 Å². The second kappa shape index (κ2) is 34.1. The summed E-state index contributed by atoms with van der Waals surface area (Å²) >= 11 is 0. The van der Waals surface area contributed by atoms with Crippen molar-refractivity contribution >= 4 is 55.9 Å². The molecule has 0 aliphatic heterocycles. The van der Waals surface area contributed by atoms with Crippen molar-refractivity contribution < 1.29 is 30.0 Å². The molecule has 0 spiro atoms. The molecule has 0 unspecified atom stereocenters. The summed E-state index contributed by atoms with van der Waals surface area (Å²) in [6.45, 7) is 1.94. The Hall–Kier alpha value is -17.5. The lowest BCUT2D eigenvalue weighted by Crippen LogP contribution is -2.10. The number of aromatic hydroxyl groups is 4. The molecule has 0 saturated carbocycles. The van der Waals surface area contributed by atoms with Gasteiger partial charge in [0.05, 0.1) is 93.6 Å². The predicted molar refractivity (Wildman–Crippen MR) is 466 cm³/mol. The monoisotopic (exact) mass is 1600 g/mol. The Bertz CT molecular complexity index is 7270. The number of aromatic nitrogens is 16. The summed E-state index contributed by atoms with van der Waals surface area (Å²) < 4.78 is 7.07. The Morgan fingerprint density at radius 2 is 0.541 bits per heavy atom. The van der Waals surface area contributed by atoms with E-state index >= 15 is 0 Å². The van der Waals surface area contributed by atoms with E-state index in [0.717, 1.165) is 61.1 Å². The number of carbonyl (C=O) groups is 2. The lowest BCUT2D eigenvalue weighted by atomic mass is 10.1. The van der Waals surface area contributed by atoms with Crippen molar-refractivity contribution in [2.45, 2.75) is 26.2 Å². The molecule has 0 bridgehead atoms. The molecule has 12 N–H and O–H groups in total. The predicted octanol–water partition coefficient (Wildman–Crippen LogP) is 17.3. The van der Waals surface area contributed by atoms with Crippen molar-refractivity contribution in [3.63, 3.8) is 0 Å². The maximum atomic E-state index is 11.5. The molecule has 592 valence electrons. The maximum Gasteiger partial charge on any atom is 0.248 e. The topological polar surface area (TPSA) is 401 Å². The van der Waals surface area contributed by atoms with Crippen LogP contribution in [-0.2, 0) is 26.2 Å². The molecule has 20 rings (SSSR count). The highest BCUT2D eigenvalue weighted by atomic mass is 16.3. The number of primary amides is 2. The van der Waals surface area contributed by atoms with Gasteiger partial charge in [-0.25, -0.2) is 19.9 Å². The van der Waals surface area contributed by atoms with Gasteiger partial charge in [0.2, 0.25) is 11.8 Å². The van der Waals surface area contributed by atoms with Crippen molar-refractivity contribution in [3.8, 4) is 126 Å². The van der Waals surface area contributed by atoms with Gasteiger partial charge in [-0.3, -0.25) is 28.3 Å². The van der Waals surface area contributed by atoms with Gasteiger partial charge in [0.15, 0.2) is 57.7 Å². The van der Waals surface area contributed by atoms with E-state index in [9.17, 15) is 30.0 Å². The van der Waals surface area contributed by atoms with Gasteiger partial charge in [-0.05, 0) is 95.1 Å². The minimum absolute atomic E-state index is 0.0383. The van der Waals surface area contributed by atoms with Gasteiger partial charge in [0.1, 0.15) is 34.2 Å². The van der Waals surface area contributed by atoms with E-state index in [1.54, 1.807) is 91.5 Å². The summed E-state index contributed by atoms with van der Waals surface area (Å²) in [4.78, 5) is 54.2. The Morgan fingerprint density at radius 1 is 0.295 bits per heavy atom. The molecule has 20 aromatic rings. The smallest absolute Gasteiger partial charge is 0.248 e. The van der Waals surface area contributed by atoms with Crippen molar-refractivity contribution in [1.29, 1.82) is 10.5 Å². The average molecular weight is 1600 g/mol. The molecule has 26 nitrogen and oxygen atoms in total.